The summed E-state index contributed by atoms with van der Waals surface area (Å²) in [5.41, 5.74) is 0.413. The molecular formula is C21H24F2N2O2. The summed E-state index contributed by atoms with van der Waals surface area (Å²) in [5, 5.41) is 0. The number of piperidine rings is 1. The van der Waals surface area contributed by atoms with E-state index in [2.05, 4.69) is 9.88 Å². The van der Waals surface area contributed by atoms with Crippen LogP contribution in [0.5, 0.6) is 0 Å². The molecule has 0 saturated carbocycles. The van der Waals surface area contributed by atoms with Gasteiger partial charge in [-0.2, -0.15) is 0 Å². The highest BCUT2D eigenvalue weighted by Crippen LogP contribution is 2.36. The van der Waals surface area contributed by atoms with Crippen LogP contribution in [0.1, 0.15) is 31.0 Å². The first kappa shape index (κ1) is 19.4. The zero-order chi connectivity index (χ0) is 19.3. The van der Waals surface area contributed by atoms with E-state index in [0.29, 0.717) is 25.1 Å². The normalized spacial score (nSPS) is 20.4. The minimum Gasteiger partial charge on any atom is -0.466 e. The highest BCUT2D eigenvalue weighted by Gasteiger charge is 2.44. The maximum absolute atomic E-state index is 14.3. The zero-order valence-corrected chi connectivity index (χ0v) is 15.5. The van der Waals surface area contributed by atoms with Crippen LogP contribution in [0.25, 0.3) is 0 Å². The molecule has 4 nitrogen and oxygen atoms in total. The number of esters is 1. The van der Waals surface area contributed by atoms with E-state index >= 15 is 0 Å². The van der Waals surface area contributed by atoms with Gasteiger partial charge in [0.1, 0.15) is 11.6 Å². The predicted octanol–water partition coefficient (Wildman–Crippen LogP) is 3.75. The lowest BCUT2D eigenvalue weighted by Gasteiger charge is -2.41. The summed E-state index contributed by atoms with van der Waals surface area (Å²) >= 11 is 0. The zero-order valence-electron chi connectivity index (χ0n) is 15.5. The van der Waals surface area contributed by atoms with Crippen LogP contribution in [0.15, 0.2) is 42.6 Å². The Labute approximate surface area is 158 Å². The Kier molecular flexibility index (Phi) is 6.16. The summed E-state index contributed by atoms with van der Waals surface area (Å²) < 4.78 is 32.9. The average molecular weight is 374 g/mol. The van der Waals surface area contributed by atoms with Gasteiger partial charge >= 0.3 is 5.97 Å². The van der Waals surface area contributed by atoms with Gasteiger partial charge in [-0.15, -0.1) is 0 Å². The fourth-order valence-corrected chi connectivity index (χ4v) is 3.78. The van der Waals surface area contributed by atoms with Crippen molar-refractivity contribution in [2.45, 2.75) is 32.7 Å². The third-order valence-electron chi connectivity index (χ3n) is 5.02. The molecule has 0 N–H and O–H groups in total. The molecule has 1 atom stereocenters. The van der Waals surface area contributed by atoms with Crippen molar-refractivity contribution >= 4 is 5.97 Å². The number of nitrogens with zero attached hydrogens (tertiary/aromatic N) is 2. The molecule has 0 bridgehead atoms. The van der Waals surface area contributed by atoms with Gasteiger partial charge in [-0.25, -0.2) is 8.78 Å². The first-order chi connectivity index (χ1) is 13.0. The Hall–Kier alpha value is -2.34. The minimum absolute atomic E-state index is 0.191. The first-order valence-corrected chi connectivity index (χ1v) is 9.26. The maximum atomic E-state index is 14.3. The van der Waals surface area contributed by atoms with Crippen molar-refractivity contribution in [2.24, 2.45) is 5.41 Å². The fourth-order valence-electron chi connectivity index (χ4n) is 3.78. The van der Waals surface area contributed by atoms with Crippen molar-refractivity contribution in [1.82, 2.24) is 9.88 Å². The van der Waals surface area contributed by atoms with Gasteiger partial charge in [0.05, 0.1) is 17.7 Å². The quantitative estimate of drug-likeness (QED) is 0.723. The molecule has 0 spiro atoms. The number of pyridine rings is 1. The van der Waals surface area contributed by atoms with Crippen molar-refractivity contribution in [3.8, 4) is 0 Å². The molecule has 1 aromatic carbocycles. The van der Waals surface area contributed by atoms with E-state index in [9.17, 15) is 13.6 Å². The molecule has 0 aliphatic carbocycles. The van der Waals surface area contributed by atoms with Gasteiger partial charge in [-0.1, -0.05) is 12.1 Å². The van der Waals surface area contributed by atoms with Gasteiger partial charge in [0.15, 0.2) is 0 Å². The average Bonchev–Trinajstić information content (AvgIpc) is 2.65. The molecule has 27 heavy (non-hydrogen) atoms. The van der Waals surface area contributed by atoms with E-state index < -0.39 is 17.0 Å². The van der Waals surface area contributed by atoms with Gasteiger partial charge in [-0.3, -0.25) is 14.7 Å². The monoisotopic (exact) mass is 374 g/mol. The molecule has 1 aliphatic heterocycles. The van der Waals surface area contributed by atoms with Crippen LogP contribution >= 0.6 is 0 Å². The number of carbonyl (C=O) groups is 1. The van der Waals surface area contributed by atoms with Crippen LogP contribution in [0.2, 0.25) is 0 Å². The molecule has 1 fully saturated rings. The molecule has 1 saturated heterocycles. The van der Waals surface area contributed by atoms with E-state index in [4.69, 9.17) is 4.74 Å². The molecule has 2 heterocycles. The van der Waals surface area contributed by atoms with Crippen molar-refractivity contribution in [1.29, 1.82) is 0 Å². The SMILES string of the molecule is CCOC(=O)C1(Cc2ccc(F)cc2F)CCCN(Cc2ccccn2)C1. The smallest absolute Gasteiger partial charge is 0.313 e. The Morgan fingerprint density at radius 1 is 1.30 bits per heavy atom. The van der Waals surface area contributed by atoms with E-state index in [-0.39, 0.29) is 19.0 Å². The van der Waals surface area contributed by atoms with Crippen LogP contribution in [0.3, 0.4) is 0 Å². The van der Waals surface area contributed by atoms with Crippen LogP contribution in [-0.2, 0) is 22.5 Å². The molecule has 0 amide bonds. The molecule has 3 rings (SSSR count). The topological polar surface area (TPSA) is 42.4 Å². The lowest BCUT2D eigenvalue weighted by molar-refractivity contribution is -0.159. The van der Waals surface area contributed by atoms with Gasteiger partial charge in [-0.05, 0) is 56.5 Å². The van der Waals surface area contributed by atoms with Crippen LogP contribution < -0.4 is 0 Å². The van der Waals surface area contributed by atoms with Gasteiger partial charge < -0.3 is 4.74 Å². The molecule has 6 heteroatoms. The highest BCUT2D eigenvalue weighted by molar-refractivity contribution is 5.77. The number of likely N-dealkylation sites (tertiary alicyclic amines) is 1. The molecular weight excluding hydrogens is 350 g/mol. The van der Waals surface area contributed by atoms with E-state index in [1.807, 2.05) is 18.2 Å². The number of carbonyl (C=O) groups excluding carboxylic acids is 1. The first-order valence-electron chi connectivity index (χ1n) is 9.26. The summed E-state index contributed by atoms with van der Waals surface area (Å²) in [7, 11) is 0. The van der Waals surface area contributed by atoms with Crippen LogP contribution in [0.4, 0.5) is 8.78 Å². The summed E-state index contributed by atoms with van der Waals surface area (Å²) in [5.74, 6) is -1.57. The molecule has 1 aliphatic rings. The predicted molar refractivity (Wildman–Crippen MR) is 97.9 cm³/mol. The van der Waals surface area contributed by atoms with Crippen LogP contribution in [-0.4, -0.2) is 35.5 Å². The Morgan fingerprint density at radius 3 is 2.85 bits per heavy atom. The number of hydrogen-bond acceptors (Lipinski definition) is 4. The second kappa shape index (κ2) is 8.57. The molecule has 144 valence electrons. The lowest BCUT2D eigenvalue weighted by atomic mass is 9.75. The molecule has 0 radical (unpaired) electrons. The Morgan fingerprint density at radius 2 is 2.15 bits per heavy atom. The van der Waals surface area contributed by atoms with Crippen molar-refractivity contribution < 1.29 is 18.3 Å². The number of hydrogen-bond donors (Lipinski definition) is 0. The Bertz CT molecular complexity index is 785. The third-order valence-corrected chi connectivity index (χ3v) is 5.02. The maximum Gasteiger partial charge on any atom is 0.313 e. The van der Waals surface area contributed by atoms with E-state index in [0.717, 1.165) is 24.7 Å². The van der Waals surface area contributed by atoms with Crippen molar-refractivity contribution in [3.63, 3.8) is 0 Å². The van der Waals surface area contributed by atoms with Crippen LogP contribution in [0, 0.1) is 17.0 Å². The third kappa shape index (κ3) is 4.69. The highest BCUT2D eigenvalue weighted by atomic mass is 19.1. The minimum atomic E-state index is -0.846. The largest absolute Gasteiger partial charge is 0.466 e. The number of ether oxygens (including phenoxy) is 1. The summed E-state index contributed by atoms with van der Waals surface area (Å²) in [4.78, 5) is 19.3. The number of aromatic nitrogens is 1. The van der Waals surface area contributed by atoms with E-state index in [1.165, 1.54) is 12.1 Å². The molecule has 2 aromatic rings. The lowest BCUT2D eigenvalue weighted by Crippen LogP contribution is -2.49. The number of halogens is 2. The second-order valence-electron chi connectivity index (χ2n) is 7.05. The standard InChI is InChI=1S/C21H24F2N2O2/c1-2-27-20(26)21(13-16-7-8-17(22)12-19(16)23)9-5-11-25(15-21)14-18-6-3-4-10-24-18/h3-4,6-8,10,12H,2,5,9,11,13-15H2,1H3. The van der Waals surface area contributed by atoms with Gasteiger partial charge in [0.25, 0.3) is 0 Å². The van der Waals surface area contributed by atoms with Crippen molar-refractivity contribution in [2.75, 3.05) is 19.7 Å². The molecule has 1 aromatic heterocycles. The number of rotatable bonds is 6. The van der Waals surface area contributed by atoms with Crippen molar-refractivity contribution in [3.05, 3.63) is 65.5 Å². The summed E-state index contributed by atoms with van der Waals surface area (Å²) in [6.45, 7) is 3.95. The Balaban J connectivity index is 1.84. The fraction of sp³-hybridized carbons (Fsp3) is 0.429. The summed E-state index contributed by atoms with van der Waals surface area (Å²) in [6, 6.07) is 9.25. The molecule has 1 unspecified atom stereocenters. The summed E-state index contributed by atoms with van der Waals surface area (Å²) in [6.07, 6.45) is 3.35. The van der Waals surface area contributed by atoms with E-state index in [1.54, 1.807) is 13.1 Å². The second-order valence-corrected chi connectivity index (χ2v) is 7.05. The van der Waals surface area contributed by atoms with Gasteiger partial charge in [0, 0.05) is 25.4 Å². The number of benzene rings is 1. The van der Waals surface area contributed by atoms with Gasteiger partial charge in [0.2, 0.25) is 0 Å².